The Labute approximate surface area is 280 Å². The first-order valence-corrected chi connectivity index (χ1v) is 19.8. The molecular formula is C29H58N4O12P2. The maximum Gasteiger partial charge on any atom is 0.360 e. The van der Waals surface area contributed by atoms with Crippen molar-refractivity contribution >= 4 is 33.1 Å². The summed E-state index contributed by atoms with van der Waals surface area (Å²) in [5.41, 5.74) is -1.44. The van der Waals surface area contributed by atoms with Crippen LogP contribution in [0.5, 0.6) is 0 Å². The van der Waals surface area contributed by atoms with Gasteiger partial charge < -0.3 is 32.3 Å². The zero-order valence-electron chi connectivity index (χ0n) is 29.4. The minimum atomic E-state index is -4.17. The lowest BCUT2D eigenvalue weighted by Crippen LogP contribution is -2.50. The molecule has 1 rings (SSSR count). The van der Waals surface area contributed by atoms with E-state index in [2.05, 4.69) is 0 Å². The van der Waals surface area contributed by atoms with Crippen LogP contribution in [0.3, 0.4) is 0 Å². The van der Waals surface area contributed by atoms with Gasteiger partial charge in [-0.25, -0.2) is 0 Å². The monoisotopic (exact) mass is 716 g/mol. The summed E-state index contributed by atoms with van der Waals surface area (Å²) < 4.78 is 67.7. The van der Waals surface area contributed by atoms with E-state index in [9.17, 15) is 23.5 Å². The van der Waals surface area contributed by atoms with Gasteiger partial charge in [-0.1, -0.05) is 0 Å². The highest BCUT2D eigenvalue weighted by Crippen LogP contribution is 2.71. The summed E-state index contributed by atoms with van der Waals surface area (Å²) in [6, 6.07) is 0. The second-order valence-corrected chi connectivity index (χ2v) is 15.0. The van der Waals surface area contributed by atoms with E-state index in [0.29, 0.717) is 26.2 Å². The Balaban J connectivity index is 3.69. The molecule has 0 spiro atoms. The molecule has 0 aliphatic carbocycles. The van der Waals surface area contributed by atoms with Crippen molar-refractivity contribution in [3.63, 3.8) is 0 Å². The van der Waals surface area contributed by atoms with E-state index in [1.54, 1.807) is 53.4 Å². The van der Waals surface area contributed by atoms with Crippen LogP contribution in [0.25, 0.3) is 0 Å². The summed E-state index contributed by atoms with van der Waals surface area (Å²) in [6.45, 7) is 14.8. The zero-order chi connectivity index (χ0) is 35.3. The predicted octanol–water partition coefficient (Wildman–Crippen LogP) is 2.71. The fraction of sp³-hybridized carbons (Fsp3) is 0.897. The van der Waals surface area contributed by atoms with E-state index < -0.39 is 32.7 Å². The van der Waals surface area contributed by atoms with Crippen molar-refractivity contribution in [2.24, 2.45) is 0 Å². The van der Waals surface area contributed by atoms with E-state index in [1.165, 1.54) is 0 Å². The molecule has 0 aromatic rings. The maximum absolute atomic E-state index is 14.5. The van der Waals surface area contributed by atoms with Crippen molar-refractivity contribution in [3.8, 4) is 0 Å². The van der Waals surface area contributed by atoms with Crippen LogP contribution in [0.15, 0.2) is 0 Å². The average molecular weight is 717 g/mol. The standard InChI is InChI=1S/C29H58N4O12P2/c1-8-39-26(34)23-30-15-17-31(24-27(35)40-9-2)19-21-33(22-20-32(18-16-30)25-28(36)41-10-3)29(46(37,42-11-4)43-12-5)47(38,44-13-6)45-14-7/h29H,8-25H2,1-7H3. The van der Waals surface area contributed by atoms with Crippen molar-refractivity contribution in [1.82, 2.24) is 19.6 Å². The Hall–Kier alpha value is -1.45. The summed E-state index contributed by atoms with van der Waals surface area (Å²) in [4.78, 5) is 45.0. The summed E-state index contributed by atoms with van der Waals surface area (Å²) in [7, 11) is -8.34. The Kier molecular flexibility index (Phi) is 22.1. The largest absolute Gasteiger partial charge is 0.465 e. The molecule has 0 saturated carbocycles. The van der Waals surface area contributed by atoms with Crippen LogP contribution in [0, 0.1) is 0 Å². The van der Waals surface area contributed by atoms with Gasteiger partial charge >= 0.3 is 33.1 Å². The Bertz CT molecular complexity index is 938. The molecule has 0 bridgehead atoms. The van der Waals surface area contributed by atoms with Gasteiger partial charge in [-0.2, -0.15) is 0 Å². The lowest BCUT2D eigenvalue weighted by molar-refractivity contribution is -0.146. The molecule has 0 atom stereocenters. The quantitative estimate of drug-likeness (QED) is 0.103. The molecular weight excluding hydrogens is 658 g/mol. The minimum absolute atomic E-state index is 0.0140. The van der Waals surface area contributed by atoms with Crippen molar-refractivity contribution in [2.75, 3.05) is 118 Å². The second kappa shape index (κ2) is 23.8. The molecule has 1 heterocycles. The number of carbonyl (C=O) groups is 3. The topological polar surface area (TPSA) is 163 Å². The van der Waals surface area contributed by atoms with Crippen molar-refractivity contribution in [1.29, 1.82) is 0 Å². The first-order chi connectivity index (χ1) is 22.4. The SMILES string of the molecule is CCOC(=O)CN1CCN(CC(=O)OCC)CCN(C(P(=O)(OCC)OCC)P(=O)(OCC)OCC)CCN(CC(=O)OCC)CC1. The Morgan fingerprint density at radius 3 is 0.957 bits per heavy atom. The third-order valence-corrected chi connectivity index (χ3v) is 12.9. The molecule has 0 radical (unpaired) electrons. The highest BCUT2D eigenvalue weighted by Gasteiger charge is 2.54. The average Bonchev–Trinajstić information content (AvgIpc) is 2.99. The molecule has 16 nitrogen and oxygen atoms in total. The normalized spacial score (nSPS) is 17.2. The third-order valence-electron chi connectivity index (χ3n) is 6.97. The van der Waals surface area contributed by atoms with Gasteiger partial charge in [-0.15, -0.1) is 0 Å². The van der Waals surface area contributed by atoms with E-state index in [-0.39, 0.29) is 98.0 Å². The molecule has 0 aromatic heterocycles. The molecule has 1 aliphatic rings. The number of ether oxygens (including phenoxy) is 3. The summed E-state index contributed by atoms with van der Waals surface area (Å²) in [6.07, 6.45) is 0. The highest BCUT2D eigenvalue weighted by molar-refractivity contribution is 7.72. The zero-order valence-corrected chi connectivity index (χ0v) is 31.2. The van der Waals surface area contributed by atoms with Crippen LogP contribution in [-0.4, -0.2) is 161 Å². The predicted molar refractivity (Wildman–Crippen MR) is 176 cm³/mol. The lowest BCUT2D eigenvalue weighted by atomic mass is 10.3. The number of esters is 3. The smallest absolute Gasteiger partial charge is 0.360 e. The van der Waals surface area contributed by atoms with Crippen molar-refractivity contribution in [3.05, 3.63) is 0 Å². The Morgan fingerprint density at radius 2 is 0.723 bits per heavy atom. The van der Waals surface area contributed by atoms with Gasteiger partial charge in [0.15, 0.2) is 0 Å². The van der Waals surface area contributed by atoms with E-state index in [4.69, 9.17) is 32.3 Å². The fourth-order valence-electron chi connectivity index (χ4n) is 5.06. The molecule has 0 amide bonds. The highest BCUT2D eigenvalue weighted by atomic mass is 31.2. The molecule has 18 heteroatoms. The molecule has 276 valence electrons. The molecule has 0 aromatic carbocycles. The number of hydrogen-bond acceptors (Lipinski definition) is 16. The van der Waals surface area contributed by atoms with Crippen LogP contribution in [0.1, 0.15) is 48.5 Å². The lowest BCUT2D eigenvalue weighted by Gasteiger charge is -2.40. The van der Waals surface area contributed by atoms with Gasteiger partial charge in [-0.3, -0.25) is 43.1 Å². The molecule has 1 aliphatic heterocycles. The molecule has 1 fully saturated rings. The van der Waals surface area contributed by atoms with E-state index >= 15 is 0 Å². The van der Waals surface area contributed by atoms with Crippen LogP contribution in [-0.2, 0) is 55.8 Å². The van der Waals surface area contributed by atoms with Crippen LogP contribution < -0.4 is 0 Å². The molecule has 0 N–H and O–H groups in total. The number of carbonyl (C=O) groups excluding carboxylic acids is 3. The van der Waals surface area contributed by atoms with Crippen molar-refractivity contribution < 1.29 is 55.8 Å². The fourth-order valence-corrected chi connectivity index (χ4v) is 10.6. The van der Waals surface area contributed by atoms with Gasteiger partial charge in [0, 0.05) is 52.4 Å². The first-order valence-electron chi connectivity index (χ1n) is 16.6. The number of hydrogen-bond donors (Lipinski definition) is 0. The third kappa shape index (κ3) is 15.8. The van der Waals surface area contributed by atoms with Crippen LogP contribution in [0.4, 0.5) is 0 Å². The summed E-state index contributed by atoms with van der Waals surface area (Å²) >= 11 is 0. The molecule has 47 heavy (non-hydrogen) atoms. The van der Waals surface area contributed by atoms with E-state index in [0.717, 1.165) is 0 Å². The van der Waals surface area contributed by atoms with Gasteiger partial charge in [0.25, 0.3) is 0 Å². The summed E-state index contributed by atoms with van der Waals surface area (Å²) in [5, 5.41) is 0. The Morgan fingerprint density at radius 1 is 0.468 bits per heavy atom. The van der Waals surface area contributed by atoms with Crippen LogP contribution >= 0.6 is 15.2 Å². The second-order valence-electron chi connectivity index (χ2n) is 10.4. The molecule has 0 unspecified atom stereocenters. The van der Waals surface area contributed by atoms with Gasteiger partial charge in [0.05, 0.1) is 65.9 Å². The molecule has 1 saturated heterocycles. The van der Waals surface area contributed by atoms with Gasteiger partial charge in [0.1, 0.15) is 0 Å². The van der Waals surface area contributed by atoms with Crippen molar-refractivity contribution in [2.45, 2.75) is 54.0 Å². The number of rotatable bonds is 20. The minimum Gasteiger partial charge on any atom is -0.465 e. The number of nitrogens with zero attached hydrogens (tertiary/aromatic N) is 4. The maximum atomic E-state index is 14.5. The summed E-state index contributed by atoms with van der Waals surface area (Å²) in [5.74, 6) is -1.24. The first kappa shape index (κ1) is 43.6. The van der Waals surface area contributed by atoms with Crippen LogP contribution in [0.2, 0.25) is 0 Å². The van der Waals surface area contributed by atoms with E-state index in [1.807, 2.05) is 14.7 Å². The van der Waals surface area contributed by atoms with Gasteiger partial charge in [-0.05, 0) is 48.5 Å². The van der Waals surface area contributed by atoms with Gasteiger partial charge in [0.2, 0.25) is 5.52 Å².